The fourth-order valence-electron chi connectivity index (χ4n) is 1.66. The minimum atomic E-state index is 0.994. The average Bonchev–Trinajstić information content (AvgIpc) is 2.78. The number of aromatic nitrogens is 2. The molecule has 15 heavy (non-hydrogen) atoms. The highest BCUT2D eigenvalue weighted by Crippen LogP contribution is 2.28. The molecule has 0 atom stereocenters. The van der Waals surface area contributed by atoms with Crippen LogP contribution in [0.15, 0.2) is 48.5 Å². The van der Waals surface area contributed by atoms with Crippen LogP contribution in [0, 0.1) is 0 Å². The van der Waals surface area contributed by atoms with Gasteiger partial charge in [-0.15, -0.1) is 5.10 Å². The quantitative estimate of drug-likeness (QED) is 0.618. The van der Waals surface area contributed by atoms with Crippen molar-refractivity contribution in [2.45, 2.75) is 0 Å². The minimum Gasteiger partial charge on any atom is -0.137 e. The molecule has 0 N–H and O–H groups in total. The Kier molecular flexibility index (Phi) is 1.96. The average molecular weight is 212 g/mol. The smallest absolute Gasteiger partial charge is 0.113 e. The Hall–Kier alpha value is -1.74. The molecular formula is C12H8N2S. The van der Waals surface area contributed by atoms with Crippen LogP contribution in [0.1, 0.15) is 0 Å². The molecule has 0 aliphatic carbocycles. The Morgan fingerprint density at radius 3 is 2.60 bits per heavy atom. The maximum absolute atomic E-state index is 4.16. The van der Waals surface area contributed by atoms with E-state index < -0.39 is 0 Å². The predicted molar refractivity (Wildman–Crippen MR) is 62.9 cm³/mol. The molecule has 0 radical (unpaired) electrons. The lowest BCUT2D eigenvalue weighted by atomic mass is 10.1. The van der Waals surface area contributed by atoms with Gasteiger partial charge in [0.25, 0.3) is 0 Å². The van der Waals surface area contributed by atoms with Crippen molar-refractivity contribution in [2.24, 2.45) is 0 Å². The van der Waals surface area contributed by atoms with Gasteiger partial charge in [-0.25, -0.2) is 0 Å². The summed E-state index contributed by atoms with van der Waals surface area (Å²) in [5.41, 5.74) is 3.34. The molecule has 0 fully saturated rings. The van der Waals surface area contributed by atoms with Crippen molar-refractivity contribution >= 4 is 21.7 Å². The van der Waals surface area contributed by atoms with E-state index in [1.807, 2.05) is 30.3 Å². The maximum Gasteiger partial charge on any atom is 0.113 e. The van der Waals surface area contributed by atoms with Gasteiger partial charge >= 0.3 is 0 Å². The largest absolute Gasteiger partial charge is 0.137 e. The molecule has 0 bridgehead atoms. The molecule has 0 saturated heterocycles. The topological polar surface area (TPSA) is 25.8 Å². The number of rotatable bonds is 1. The molecule has 0 unspecified atom stereocenters. The van der Waals surface area contributed by atoms with Gasteiger partial charge in [-0.3, -0.25) is 0 Å². The summed E-state index contributed by atoms with van der Waals surface area (Å²) in [7, 11) is 0. The summed E-state index contributed by atoms with van der Waals surface area (Å²) < 4.78 is 5.11. The lowest BCUT2D eigenvalue weighted by Gasteiger charge is -2.00. The van der Waals surface area contributed by atoms with E-state index in [2.05, 4.69) is 27.8 Å². The molecule has 3 heteroatoms. The first kappa shape index (κ1) is 8.56. The van der Waals surface area contributed by atoms with Crippen LogP contribution in [0.2, 0.25) is 0 Å². The second-order valence-corrected chi connectivity index (χ2v) is 4.08. The first-order valence-electron chi connectivity index (χ1n) is 4.72. The fraction of sp³-hybridized carbons (Fsp3) is 0. The molecule has 72 valence electrons. The Balaban J connectivity index is 2.31. The van der Waals surface area contributed by atoms with Crippen LogP contribution in [0.3, 0.4) is 0 Å². The molecule has 3 aromatic rings. The van der Waals surface area contributed by atoms with Crippen molar-refractivity contribution in [3.8, 4) is 11.1 Å². The Morgan fingerprint density at radius 2 is 1.73 bits per heavy atom. The standard InChI is InChI=1S/C12H8N2S/c1-2-5-9(6-3-1)10-7-4-8-11-12(10)13-14-15-11/h1-8H. The fourth-order valence-corrected chi connectivity index (χ4v) is 2.24. The SMILES string of the molecule is c1ccc(-c2cccc3snnc23)cc1. The molecular weight excluding hydrogens is 204 g/mol. The normalized spacial score (nSPS) is 10.7. The van der Waals surface area contributed by atoms with Crippen LogP contribution in [0.5, 0.6) is 0 Å². The van der Waals surface area contributed by atoms with E-state index in [9.17, 15) is 0 Å². The van der Waals surface area contributed by atoms with Crippen LogP contribution in [0.4, 0.5) is 0 Å². The van der Waals surface area contributed by atoms with Gasteiger partial charge in [-0.05, 0) is 23.2 Å². The van der Waals surface area contributed by atoms with Gasteiger partial charge in [0, 0.05) is 5.56 Å². The van der Waals surface area contributed by atoms with Crippen LogP contribution < -0.4 is 0 Å². The van der Waals surface area contributed by atoms with Crippen LogP contribution in [-0.2, 0) is 0 Å². The number of fused-ring (bicyclic) bond motifs is 1. The second kappa shape index (κ2) is 3.44. The zero-order valence-corrected chi connectivity index (χ0v) is 8.74. The lowest BCUT2D eigenvalue weighted by molar-refractivity contribution is 1.20. The first-order valence-corrected chi connectivity index (χ1v) is 5.49. The zero-order valence-electron chi connectivity index (χ0n) is 7.92. The van der Waals surface area contributed by atoms with Gasteiger partial charge in [0.1, 0.15) is 5.52 Å². The minimum absolute atomic E-state index is 0.994. The summed E-state index contributed by atoms with van der Waals surface area (Å²) in [6, 6.07) is 16.4. The molecule has 1 aromatic heterocycles. The lowest BCUT2D eigenvalue weighted by Crippen LogP contribution is -1.79. The Bertz CT molecular complexity index is 587. The zero-order chi connectivity index (χ0) is 10.1. The van der Waals surface area contributed by atoms with E-state index in [4.69, 9.17) is 0 Å². The molecule has 0 aliphatic heterocycles. The molecule has 0 amide bonds. The monoisotopic (exact) mass is 212 g/mol. The molecule has 0 spiro atoms. The van der Waals surface area contributed by atoms with Gasteiger partial charge in [0.2, 0.25) is 0 Å². The number of hydrogen-bond donors (Lipinski definition) is 0. The van der Waals surface area contributed by atoms with Gasteiger partial charge in [0.15, 0.2) is 0 Å². The Morgan fingerprint density at radius 1 is 0.867 bits per heavy atom. The Labute approximate surface area is 91.4 Å². The highest BCUT2D eigenvalue weighted by atomic mass is 32.1. The third-order valence-corrected chi connectivity index (χ3v) is 3.05. The first-order chi connectivity index (χ1) is 7.45. The summed E-state index contributed by atoms with van der Waals surface area (Å²) in [4.78, 5) is 0. The van der Waals surface area contributed by atoms with E-state index in [1.165, 1.54) is 17.1 Å². The van der Waals surface area contributed by atoms with Gasteiger partial charge in [-0.2, -0.15) is 0 Å². The summed E-state index contributed by atoms with van der Waals surface area (Å²) in [6.45, 7) is 0. The van der Waals surface area contributed by atoms with Gasteiger partial charge in [-0.1, -0.05) is 47.0 Å². The van der Waals surface area contributed by atoms with Crippen molar-refractivity contribution in [3.63, 3.8) is 0 Å². The third-order valence-electron chi connectivity index (χ3n) is 2.36. The van der Waals surface area contributed by atoms with Crippen LogP contribution >= 0.6 is 11.5 Å². The molecule has 2 nitrogen and oxygen atoms in total. The van der Waals surface area contributed by atoms with Gasteiger partial charge in [0.05, 0.1) is 4.70 Å². The van der Waals surface area contributed by atoms with Crippen LogP contribution in [-0.4, -0.2) is 9.59 Å². The summed E-state index contributed by atoms with van der Waals surface area (Å²) in [6.07, 6.45) is 0. The molecule has 2 aromatic carbocycles. The molecule has 0 saturated carbocycles. The van der Waals surface area contributed by atoms with Crippen molar-refractivity contribution in [3.05, 3.63) is 48.5 Å². The number of benzene rings is 2. The molecule has 1 heterocycles. The third kappa shape index (κ3) is 1.41. The summed E-state index contributed by atoms with van der Waals surface area (Å²) in [5, 5.41) is 4.16. The number of hydrogen-bond acceptors (Lipinski definition) is 3. The van der Waals surface area contributed by atoms with Crippen LogP contribution in [0.25, 0.3) is 21.3 Å². The van der Waals surface area contributed by atoms with E-state index in [-0.39, 0.29) is 0 Å². The predicted octanol–water partition coefficient (Wildman–Crippen LogP) is 3.36. The summed E-state index contributed by atoms with van der Waals surface area (Å²) in [5.74, 6) is 0. The van der Waals surface area contributed by atoms with E-state index in [0.717, 1.165) is 15.8 Å². The van der Waals surface area contributed by atoms with E-state index in [1.54, 1.807) is 0 Å². The second-order valence-electron chi connectivity index (χ2n) is 3.29. The maximum atomic E-state index is 4.16. The highest BCUT2D eigenvalue weighted by molar-refractivity contribution is 7.13. The van der Waals surface area contributed by atoms with Crippen molar-refractivity contribution in [1.29, 1.82) is 0 Å². The number of nitrogens with zero attached hydrogens (tertiary/aromatic N) is 2. The van der Waals surface area contributed by atoms with Crippen molar-refractivity contribution < 1.29 is 0 Å². The van der Waals surface area contributed by atoms with Crippen molar-refractivity contribution in [2.75, 3.05) is 0 Å². The molecule has 3 rings (SSSR count). The highest BCUT2D eigenvalue weighted by Gasteiger charge is 2.05. The summed E-state index contributed by atoms with van der Waals surface area (Å²) >= 11 is 1.44. The van der Waals surface area contributed by atoms with Gasteiger partial charge < -0.3 is 0 Å². The molecule has 0 aliphatic rings. The van der Waals surface area contributed by atoms with E-state index >= 15 is 0 Å². The van der Waals surface area contributed by atoms with Crippen molar-refractivity contribution in [1.82, 2.24) is 9.59 Å². The van der Waals surface area contributed by atoms with E-state index in [0.29, 0.717) is 0 Å².